The molecule has 1 aromatic rings. The second-order valence-electron chi connectivity index (χ2n) is 5.60. The first-order valence-electron chi connectivity index (χ1n) is 7.24. The number of rotatable bonds is 6. The van der Waals surface area contributed by atoms with E-state index >= 15 is 0 Å². The minimum atomic E-state index is -0.797. The fourth-order valence-electron chi connectivity index (χ4n) is 2.62. The van der Waals surface area contributed by atoms with Crippen molar-refractivity contribution in [3.8, 4) is 0 Å². The predicted molar refractivity (Wildman–Crippen MR) is 83.0 cm³/mol. The lowest BCUT2D eigenvalue weighted by Crippen LogP contribution is -2.54. The summed E-state index contributed by atoms with van der Waals surface area (Å²) in [5.74, 6) is -0.810. The average Bonchev–Trinajstić information content (AvgIpc) is 2.71. The Balaban J connectivity index is 1.82. The minimum absolute atomic E-state index is 0.0130. The molecule has 2 rings (SSSR count). The molecule has 0 aliphatic heterocycles. The number of hydrogen-bond acceptors (Lipinski definition) is 4. The molecule has 1 heterocycles. The number of carbonyl (C=O) groups is 2. The zero-order chi connectivity index (χ0) is 15.6. The molecule has 1 amide bonds. The maximum absolute atomic E-state index is 12.1. The number of carboxylic acids is 1. The quantitative estimate of drug-likeness (QED) is 0.843. The second kappa shape index (κ2) is 6.58. The molecule has 0 radical (unpaired) electrons. The Kier molecular flexibility index (Phi) is 5.00. The van der Waals surface area contributed by atoms with Gasteiger partial charge in [0.1, 0.15) is 0 Å². The van der Waals surface area contributed by atoms with Crippen molar-refractivity contribution in [1.29, 1.82) is 0 Å². The maximum atomic E-state index is 12.1. The van der Waals surface area contributed by atoms with Gasteiger partial charge in [0.2, 0.25) is 0 Å². The molecule has 1 aliphatic carbocycles. The van der Waals surface area contributed by atoms with Gasteiger partial charge in [-0.15, -0.1) is 11.3 Å². The number of carbonyl (C=O) groups excluding carboxylic acids is 1. The molecule has 21 heavy (non-hydrogen) atoms. The van der Waals surface area contributed by atoms with Crippen molar-refractivity contribution < 1.29 is 14.7 Å². The lowest BCUT2D eigenvalue weighted by molar-refractivity contribution is -0.139. The highest BCUT2D eigenvalue weighted by atomic mass is 32.1. The van der Waals surface area contributed by atoms with Crippen LogP contribution in [0.1, 0.15) is 39.9 Å². The summed E-state index contributed by atoms with van der Waals surface area (Å²) in [5.41, 5.74) is 1.15. The number of aryl methyl sites for hydroxylation is 2. The number of nitrogens with zero attached hydrogens (tertiary/aromatic N) is 1. The summed E-state index contributed by atoms with van der Waals surface area (Å²) in [5, 5.41) is 11.9. The lowest BCUT2D eigenvalue weighted by Gasteiger charge is -2.42. The van der Waals surface area contributed by atoms with Crippen molar-refractivity contribution >= 4 is 23.2 Å². The zero-order valence-corrected chi connectivity index (χ0v) is 13.5. The fraction of sp³-hybridized carbons (Fsp3) is 0.600. The highest BCUT2D eigenvalue weighted by Crippen LogP contribution is 2.27. The summed E-state index contributed by atoms with van der Waals surface area (Å²) >= 11 is 1.52. The van der Waals surface area contributed by atoms with Crippen molar-refractivity contribution in [2.45, 2.75) is 45.7 Å². The van der Waals surface area contributed by atoms with E-state index in [1.54, 1.807) is 0 Å². The summed E-state index contributed by atoms with van der Waals surface area (Å²) in [6.45, 7) is 6.78. The second-order valence-corrected chi connectivity index (χ2v) is 6.86. The van der Waals surface area contributed by atoms with Gasteiger partial charge in [0.25, 0.3) is 5.91 Å². The molecule has 0 unspecified atom stereocenters. The molecule has 116 valence electrons. The molecule has 1 saturated carbocycles. The Morgan fingerprint density at radius 2 is 2.10 bits per heavy atom. The van der Waals surface area contributed by atoms with E-state index in [4.69, 9.17) is 5.11 Å². The summed E-state index contributed by atoms with van der Waals surface area (Å²) in [6.07, 6.45) is 1.66. The van der Waals surface area contributed by atoms with Crippen molar-refractivity contribution in [2.75, 3.05) is 13.1 Å². The van der Waals surface area contributed by atoms with Crippen molar-refractivity contribution in [3.63, 3.8) is 0 Å². The Labute approximate surface area is 129 Å². The van der Waals surface area contributed by atoms with Gasteiger partial charge in [-0.05, 0) is 44.9 Å². The first-order valence-corrected chi connectivity index (χ1v) is 8.06. The highest BCUT2D eigenvalue weighted by Gasteiger charge is 2.34. The third-order valence-electron chi connectivity index (χ3n) is 4.10. The van der Waals surface area contributed by atoms with Crippen LogP contribution in [0.3, 0.4) is 0 Å². The van der Waals surface area contributed by atoms with Crippen LogP contribution in [0.5, 0.6) is 0 Å². The molecule has 6 heteroatoms. The Bertz CT molecular complexity index is 516. The molecule has 1 aromatic heterocycles. The molecule has 5 nitrogen and oxygen atoms in total. The number of hydrogen-bond donors (Lipinski definition) is 2. The van der Waals surface area contributed by atoms with E-state index in [2.05, 4.69) is 5.32 Å². The molecular formula is C15H22N2O3S. The van der Waals surface area contributed by atoms with Gasteiger partial charge in [0.05, 0.1) is 11.4 Å². The van der Waals surface area contributed by atoms with Crippen LogP contribution >= 0.6 is 11.3 Å². The summed E-state index contributed by atoms with van der Waals surface area (Å²) in [7, 11) is 0. The van der Waals surface area contributed by atoms with Crippen LogP contribution in [0.4, 0.5) is 0 Å². The van der Waals surface area contributed by atoms with Crippen LogP contribution in [0.2, 0.25) is 0 Å². The van der Waals surface area contributed by atoms with Crippen molar-refractivity contribution in [2.24, 2.45) is 0 Å². The van der Waals surface area contributed by atoms with Gasteiger partial charge < -0.3 is 10.4 Å². The molecule has 1 fully saturated rings. The first kappa shape index (κ1) is 16.0. The van der Waals surface area contributed by atoms with Gasteiger partial charge in [-0.2, -0.15) is 0 Å². The number of thiophene rings is 1. The standard InChI is InChI=1S/C15H22N2O3S/c1-4-17(8-14(18)19)12-6-11(7-12)16-15(20)13-5-9(2)10(3)21-13/h5,11-12H,4,6-8H2,1-3H3,(H,16,20)(H,18,19). The third kappa shape index (κ3) is 3.83. The first-order chi connectivity index (χ1) is 9.90. The zero-order valence-electron chi connectivity index (χ0n) is 12.7. The van der Waals surface area contributed by atoms with Gasteiger partial charge in [-0.3, -0.25) is 14.5 Å². The van der Waals surface area contributed by atoms with Gasteiger partial charge in [0.15, 0.2) is 0 Å². The Morgan fingerprint density at radius 1 is 1.43 bits per heavy atom. The van der Waals surface area contributed by atoms with E-state index in [0.29, 0.717) is 0 Å². The van der Waals surface area contributed by atoms with Crippen LogP contribution in [0.25, 0.3) is 0 Å². The molecule has 2 N–H and O–H groups in total. The van der Waals surface area contributed by atoms with E-state index in [0.717, 1.165) is 29.8 Å². The number of aliphatic carboxylic acids is 1. The van der Waals surface area contributed by atoms with E-state index in [-0.39, 0.29) is 24.5 Å². The van der Waals surface area contributed by atoms with Gasteiger partial charge in [-0.1, -0.05) is 6.92 Å². The third-order valence-corrected chi connectivity index (χ3v) is 5.25. The molecule has 0 atom stereocenters. The van der Waals surface area contributed by atoms with Crippen LogP contribution in [0.15, 0.2) is 6.07 Å². The summed E-state index contributed by atoms with van der Waals surface area (Å²) in [6, 6.07) is 2.35. The topological polar surface area (TPSA) is 69.6 Å². The van der Waals surface area contributed by atoms with E-state index in [1.807, 2.05) is 31.7 Å². The van der Waals surface area contributed by atoms with E-state index < -0.39 is 5.97 Å². The fourth-order valence-corrected chi connectivity index (χ4v) is 3.56. The van der Waals surface area contributed by atoms with Gasteiger partial charge >= 0.3 is 5.97 Å². The molecule has 1 aliphatic rings. The largest absolute Gasteiger partial charge is 0.480 e. The number of likely N-dealkylation sites (N-methyl/N-ethyl adjacent to an activating group) is 1. The molecular weight excluding hydrogens is 288 g/mol. The Morgan fingerprint density at radius 3 is 2.57 bits per heavy atom. The van der Waals surface area contributed by atoms with E-state index in [1.165, 1.54) is 16.2 Å². The molecule has 0 bridgehead atoms. The summed E-state index contributed by atoms with van der Waals surface area (Å²) in [4.78, 5) is 26.8. The van der Waals surface area contributed by atoms with E-state index in [9.17, 15) is 9.59 Å². The van der Waals surface area contributed by atoms with Crippen molar-refractivity contribution in [3.05, 3.63) is 21.4 Å². The van der Waals surface area contributed by atoms with Gasteiger partial charge in [0, 0.05) is 17.0 Å². The number of amides is 1. The summed E-state index contributed by atoms with van der Waals surface area (Å²) < 4.78 is 0. The smallest absolute Gasteiger partial charge is 0.317 e. The normalized spacial score (nSPS) is 21.1. The van der Waals surface area contributed by atoms with Crippen LogP contribution < -0.4 is 5.32 Å². The SMILES string of the molecule is CCN(CC(=O)O)C1CC(NC(=O)c2cc(C)c(C)s2)C1. The van der Waals surface area contributed by atoms with Crippen LogP contribution in [0, 0.1) is 13.8 Å². The number of carboxylic acid groups (broad SMARTS) is 1. The van der Waals surface area contributed by atoms with Crippen LogP contribution in [-0.4, -0.2) is 47.1 Å². The monoisotopic (exact) mass is 310 g/mol. The lowest BCUT2D eigenvalue weighted by atomic mass is 9.85. The predicted octanol–water partition coefficient (Wildman–Crippen LogP) is 2.03. The molecule has 0 saturated heterocycles. The molecule has 0 aromatic carbocycles. The Hall–Kier alpha value is -1.40. The van der Waals surface area contributed by atoms with Gasteiger partial charge in [-0.25, -0.2) is 0 Å². The van der Waals surface area contributed by atoms with Crippen molar-refractivity contribution in [1.82, 2.24) is 10.2 Å². The highest BCUT2D eigenvalue weighted by molar-refractivity contribution is 7.14. The number of nitrogens with one attached hydrogen (secondary N) is 1. The minimum Gasteiger partial charge on any atom is -0.480 e. The maximum Gasteiger partial charge on any atom is 0.317 e. The molecule has 0 spiro atoms. The average molecular weight is 310 g/mol. The van der Waals surface area contributed by atoms with Crippen LogP contribution in [-0.2, 0) is 4.79 Å².